The Morgan fingerprint density at radius 2 is 2.14 bits per heavy atom. The summed E-state index contributed by atoms with van der Waals surface area (Å²) in [5.41, 5.74) is 1.16. The number of Topliss-reactive ketones (excluding diaryl/α,β-unsaturated/α-hetero) is 1. The molecule has 3 nitrogen and oxygen atoms in total. The van der Waals surface area contributed by atoms with Gasteiger partial charge in [-0.15, -0.1) is 0 Å². The van der Waals surface area contributed by atoms with Crippen molar-refractivity contribution in [2.24, 2.45) is 0 Å². The number of hydrogen-bond donors (Lipinski definition) is 0. The molecule has 2 heterocycles. The Bertz CT molecular complexity index is 371. The van der Waals surface area contributed by atoms with Crippen molar-refractivity contribution in [2.45, 2.75) is 45.6 Å². The average molecular weight is 192 g/mol. The minimum Gasteiger partial charge on any atom is -0.334 e. The van der Waals surface area contributed by atoms with Crippen molar-refractivity contribution in [1.82, 2.24) is 9.55 Å². The van der Waals surface area contributed by atoms with Gasteiger partial charge in [0.1, 0.15) is 11.6 Å². The zero-order valence-electron chi connectivity index (χ0n) is 9.00. The Hall–Kier alpha value is -1.12. The van der Waals surface area contributed by atoms with E-state index < -0.39 is 0 Å². The number of carbonyl (C=O) groups excluding carboxylic acids is 1. The van der Waals surface area contributed by atoms with Crippen LogP contribution in [-0.4, -0.2) is 15.3 Å². The maximum Gasteiger partial charge on any atom is 0.142 e. The molecule has 0 fully saturated rings. The smallest absolute Gasteiger partial charge is 0.142 e. The fraction of sp³-hybridized carbons (Fsp3) is 0.636. The molecule has 0 radical (unpaired) electrons. The second-order valence-corrected chi connectivity index (χ2v) is 4.95. The van der Waals surface area contributed by atoms with Gasteiger partial charge in [-0.2, -0.15) is 0 Å². The molecule has 3 heteroatoms. The topological polar surface area (TPSA) is 34.9 Å². The lowest BCUT2D eigenvalue weighted by molar-refractivity contribution is -0.119. The average Bonchev–Trinajstić information content (AvgIpc) is 2.45. The highest BCUT2D eigenvalue weighted by atomic mass is 16.1. The van der Waals surface area contributed by atoms with Gasteiger partial charge in [-0.05, 0) is 0 Å². The predicted molar refractivity (Wildman–Crippen MR) is 54.3 cm³/mol. The van der Waals surface area contributed by atoms with Crippen molar-refractivity contribution >= 4 is 5.78 Å². The Balaban J connectivity index is 2.37. The van der Waals surface area contributed by atoms with Crippen LogP contribution < -0.4 is 0 Å². The van der Waals surface area contributed by atoms with Gasteiger partial charge in [-0.25, -0.2) is 4.98 Å². The summed E-state index contributed by atoms with van der Waals surface area (Å²) < 4.78 is 2.11. The van der Waals surface area contributed by atoms with Crippen LogP contribution in [0.2, 0.25) is 0 Å². The Morgan fingerprint density at radius 3 is 2.79 bits per heavy atom. The molecule has 0 amide bonds. The molecular formula is C11H16N2O. The molecule has 0 aliphatic carbocycles. The Kier molecular flexibility index (Phi) is 1.98. The van der Waals surface area contributed by atoms with Crippen molar-refractivity contribution < 1.29 is 4.79 Å². The van der Waals surface area contributed by atoms with E-state index in [0.29, 0.717) is 18.6 Å². The number of carbonyl (C=O) groups is 1. The van der Waals surface area contributed by atoms with E-state index in [2.05, 4.69) is 36.5 Å². The van der Waals surface area contributed by atoms with Gasteiger partial charge in [0.15, 0.2) is 0 Å². The summed E-state index contributed by atoms with van der Waals surface area (Å²) >= 11 is 0. The third-order valence-electron chi connectivity index (χ3n) is 2.61. The number of aryl methyl sites for hydroxylation is 1. The highest BCUT2D eigenvalue weighted by Gasteiger charge is 2.23. The molecule has 0 aromatic carbocycles. The van der Waals surface area contributed by atoms with Crippen molar-refractivity contribution in [3.05, 3.63) is 17.7 Å². The summed E-state index contributed by atoms with van der Waals surface area (Å²) in [6.45, 7) is 7.23. The maximum atomic E-state index is 11.2. The van der Waals surface area contributed by atoms with Crippen LogP contribution in [0.3, 0.4) is 0 Å². The van der Waals surface area contributed by atoms with Crippen LogP contribution in [0.5, 0.6) is 0 Å². The number of rotatable bonds is 0. The first-order valence-corrected chi connectivity index (χ1v) is 5.05. The SMILES string of the molecule is CC(C)(C)c1cn2c(n1)CC(=O)CC2. The van der Waals surface area contributed by atoms with E-state index in [1.807, 2.05) is 0 Å². The summed E-state index contributed by atoms with van der Waals surface area (Å²) in [5, 5.41) is 0. The minimum absolute atomic E-state index is 0.0768. The van der Waals surface area contributed by atoms with Gasteiger partial charge in [0.05, 0.1) is 12.1 Å². The van der Waals surface area contributed by atoms with Gasteiger partial charge in [0.25, 0.3) is 0 Å². The van der Waals surface area contributed by atoms with Crippen LogP contribution in [0.15, 0.2) is 6.20 Å². The largest absolute Gasteiger partial charge is 0.334 e. The van der Waals surface area contributed by atoms with E-state index in [0.717, 1.165) is 18.1 Å². The molecule has 0 unspecified atom stereocenters. The second kappa shape index (κ2) is 2.94. The van der Waals surface area contributed by atoms with E-state index in [9.17, 15) is 4.79 Å². The van der Waals surface area contributed by atoms with Crippen molar-refractivity contribution in [3.8, 4) is 0 Å². The summed E-state index contributed by atoms with van der Waals surface area (Å²) in [5.74, 6) is 1.25. The molecule has 0 bridgehead atoms. The van der Waals surface area contributed by atoms with E-state index >= 15 is 0 Å². The molecule has 0 saturated heterocycles. The molecule has 1 aromatic rings. The zero-order valence-corrected chi connectivity index (χ0v) is 9.00. The van der Waals surface area contributed by atoms with Crippen molar-refractivity contribution in [1.29, 1.82) is 0 Å². The number of ketones is 1. The third-order valence-corrected chi connectivity index (χ3v) is 2.61. The van der Waals surface area contributed by atoms with E-state index in [1.165, 1.54) is 0 Å². The number of hydrogen-bond acceptors (Lipinski definition) is 2. The summed E-state index contributed by atoms with van der Waals surface area (Å²) in [4.78, 5) is 15.7. The molecule has 1 aromatic heterocycles. The predicted octanol–water partition coefficient (Wildman–Crippen LogP) is 1.70. The molecule has 0 saturated carbocycles. The molecule has 0 atom stereocenters. The third kappa shape index (κ3) is 1.59. The number of nitrogens with zero attached hydrogens (tertiary/aromatic N) is 2. The van der Waals surface area contributed by atoms with Gasteiger partial charge < -0.3 is 4.57 Å². The number of aromatic nitrogens is 2. The lowest BCUT2D eigenvalue weighted by Gasteiger charge is -2.13. The van der Waals surface area contributed by atoms with Crippen molar-refractivity contribution in [2.75, 3.05) is 0 Å². The Morgan fingerprint density at radius 1 is 1.43 bits per heavy atom. The Labute approximate surface area is 84.1 Å². The summed E-state index contributed by atoms with van der Waals surface area (Å²) in [7, 11) is 0. The summed E-state index contributed by atoms with van der Waals surface area (Å²) in [6.07, 6.45) is 3.25. The minimum atomic E-state index is 0.0768. The second-order valence-electron chi connectivity index (χ2n) is 4.95. The van der Waals surface area contributed by atoms with Gasteiger partial charge in [0, 0.05) is 24.6 Å². The van der Waals surface area contributed by atoms with Crippen LogP contribution in [-0.2, 0) is 23.2 Å². The molecule has 1 aliphatic rings. The first kappa shape index (κ1) is 9.44. The lowest BCUT2D eigenvalue weighted by Crippen LogP contribution is -2.18. The number of imidazole rings is 1. The van der Waals surface area contributed by atoms with Gasteiger partial charge >= 0.3 is 0 Å². The maximum absolute atomic E-state index is 11.2. The van der Waals surface area contributed by atoms with Crippen LogP contribution in [0.4, 0.5) is 0 Å². The molecule has 2 rings (SSSR count). The molecule has 0 N–H and O–H groups in total. The normalized spacial score (nSPS) is 16.9. The van der Waals surface area contributed by atoms with Gasteiger partial charge in [0.2, 0.25) is 0 Å². The highest BCUT2D eigenvalue weighted by molar-refractivity contribution is 5.81. The molecule has 0 spiro atoms. The van der Waals surface area contributed by atoms with E-state index in [-0.39, 0.29) is 5.41 Å². The standard InChI is InChI=1S/C11H16N2O/c1-11(2,3)9-7-13-5-4-8(14)6-10(13)12-9/h7H,4-6H2,1-3H3. The van der Waals surface area contributed by atoms with Crippen LogP contribution in [0.1, 0.15) is 38.7 Å². The molecule has 76 valence electrons. The van der Waals surface area contributed by atoms with Crippen LogP contribution >= 0.6 is 0 Å². The first-order valence-electron chi connectivity index (χ1n) is 5.05. The van der Waals surface area contributed by atoms with E-state index in [4.69, 9.17) is 0 Å². The monoisotopic (exact) mass is 192 g/mol. The highest BCUT2D eigenvalue weighted by Crippen LogP contribution is 2.23. The van der Waals surface area contributed by atoms with Crippen molar-refractivity contribution in [3.63, 3.8) is 0 Å². The fourth-order valence-corrected chi connectivity index (χ4v) is 1.66. The summed E-state index contributed by atoms with van der Waals surface area (Å²) in [6, 6.07) is 0. The quantitative estimate of drug-likeness (QED) is 0.627. The fourth-order valence-electron chi connectivity index (χ4n) is 1.66. The molecular weight excluding hydrogens is 176 g/mol. The zero-order chi connectivity index (χ0) is 10.3. The lowest BCUT2D eigenvalue weighted by atomic mass is 9.93. The van der Waals surface area contributed by atoms with E-state index in [1.54, 1.807) is 0 Å². The molecule has 14 heavy (non-hydrogen) atoms. The molecule has 1 aliphatic heterocycles. The van der Waals surface area contributed by atoms with Gasteiger partial charge in [-0.1, -0.05) is 20.8 Å². The first-order chi connectivity index (χ1) is 6.47. The van der Waals surface area contributed by atoms with Crippen LogP contribution in [0, 0.1) is 0 Å². The number of fused-ring (bicyclic) bond motifs is 1. The van der Waals surface area contributed by atoms with Gasteiger partial charge in [-0.3, -0.25) is 4.79 Å². The van der Waals surface area contributed by atoms with Crippen LogP contribution in [0.25, 0.3) is 0 Å².